The average molecular weight is 239 g/mol. The van der Waals surface area contributed by atoms with E-state index in [1.54, 1.807) is 0 Å². The summed E-state index contributed by atoms with van der Waals surface area (Å²) in [4.78, 5) is 4.26. The molecule has 0 aromatic rings. The standard InChI is InChI=1S/C14H29N3/c1-11(2)9-16-14(15-4)17-10-13-8-6-5-7-12(13)3/h11-13H,5-10H2,1-4H3,(H2,15,16,17). The Labute approximate surface area is 106 Å². The van der Waals surface area contributed by atoms with E-state index in [0.717, 1.165) is 30.9 Å². The summed E-state index contributed by atoms with van der Waals surface area (Å²) < 4.78 is 0. The number of nitrogens with zero attached hydrogens (tertiary/aromatic N) is 1. The minimum absolute atomic E-state index is 0.655. The van der Waals surface area contributed by atoms with Gasteiger partial charge in [0.2, 0.25) is 0 Å². The zero-order valence-corrected chi connectivity index (χ0v) is 11.9. The number of nitrogens with one attached hydrogen (secondary N) is 2. The zero-order chi connectivity index (χ0) is 12.7. The van der Waals surface area contributed by atoms with Gasteiger partial charge in [-0.25, -0.2) is 0 Å². The molecule has 2 atom stereocenters. The molecular weight excluding hydrogens is 210 g/mol. The molecule has 3 nitrogen and oxygen atoms in total. The SMILES string of the molecule is CN=C(NCC(C)C)NCC1CCCCC1C. The van der Waals surface area contributed by atoms with Crippen molar-refractivity contribution in [2.24, 2.45) is 22.7 Å². The van der Waals surface area contributed by atoms with Crippen LogP contribution in [0.15, 0.2) is 4.99 Å². The Kier molecular flexibility index (Phi) is 6.38. The fraction of sp³-hybridized carbons (Fsp3) is 0.929. The molecule has 0 aromatic carbocycles. The molecule has 0 spiro atoms. The van der Waals surface area contributed by atoms with E-state index < -0.39 is 0 Å². The second kappa shape index (κ2) is 7.57. The van der Waals surface area contributed by atoms with Crippen LogP contribution >= 0.6 is 0 Å². The molecule has 0 heterocycles. The molecule has 100 valence electrons. The van der Waals surface area contributed by atoms with E-state index in [1.165, 1.54) is 25.7 Å². The third kappa shape index (κ3) is 5.42. The van der Waals surface area contributed by atoms with Crippen molar-refractivity contribution < 1.29 is 0 Å². The fourth-order valence-corrected chi connectivity index (χ4v) is 2.45. The molecule has 1 rings (SSSR count). The van der Waals surface area contributed by atoms with E-state index in [0.29, 0.717) is 5.92 Å². The van der Waals surface area contributed by atoms with Gasteiger partial charge in [0.25, 0.3) is 0 Å². The lowest BCUT2D eigenvalue weighted by Crippen LogP contribution is -2.42. The van der Waals surface area contributed by atoms with E-state index in [2.05, 4.69) is 36.4 Å². The van der Waals surface area contributed by atoms with E-state index in [9.17, 15) is 0 Å². The number of hydrogen-bond acceptors (Lipinski definition) is 1. The molecule has 0 radical (unpaired) electrons. The zero-order valence-electron chi connectivity index (χ0n) is 11.9. The molecule has 0 amide bonds. The van der Waals surface area contributed by atoms with Crippen molar-refractivity contribution in [1.29, 1.82) is 0 Å². The van der Waals surface area contributed by atoms with E-state index in [1.807, 2.05) is 7.05 Å². The highest BCUT2D eigenvalue weighted by atomic mass is 15.2. The van der Waals surface area contributed by atoms with Crippen molar-refractivity contribution >= 4 is 5.96 Å². The summed E-state index contributed by atoms with van der Waals surface area (Å²) >= 11 is 0. The number of guanidine groups is 1. The first-order valence-corrected chi connectivity index (χ1v) is 7.08. The van der Waals surface area contributed by atoms with Gasteiger partial charge in [-0.3, -0.25) is 4.99 Å². The van der Waals surface area contributed by atoms with Gasteiger partial charge in [-0.2, -0.15) is 0 Å². The summed E-state index contributed by atoms with van der Waals surface area (Å²) in [5, 5.41) is 6.83. The topological polar surface area (TPSA) is 36.4 Å². The first-order chi connectivity index (χ1) is 8.13. The number of rotatable bonds is 4. The van der Waals surface area contributed by atoms with E-state index in [-0.39, 0.29) is 0 Å². The van der Waals surface area contributed by atoms with Gasteiger partial charge in [-0.05, 0) is 24.2 Å². The van der Waals surface area contributed by atoms with Crippen LogP contribution in [0.1, 0.15) is 46.5 Å². The van der Waals surface area contributed by atoms with Crippen LogP contribution in [0.3, 0.4) is 0 Å². The second-order valence-corrected chi connectivity index (χ2v) is 5.75. The summed E-state index contributed by atoms with van der Waals surface area (Å²) in [7, 11) is 1.85. The molecule has 2 unspecified atom stereocenters. The lowest BCUT2D eigenvalue weighted by Gasteiger charge is -2.29. The summed E-state index contributed by atoms with van der Waals surface area (Å²) in [5.74, 6) is 3.29. The largest absolute Gasteiger partial charge is 0.356 e. The van der Waals surface area contributed by atoms with Crippen LogP contribution in [0.4, 0.5) is 0 Å². The molecule has 1 saturated carbocycles. The minimum atomic E-state index is 0.655. The molecular formula is C14H29N3. The van der Waals surface area contributed by atoms with Crippen molar-refractivity contribution in [3.8, 4) is 0 Å². The Bertz CT molecular complexity index is 236. The molecule has 3 heteroatoms. The average Bonchev–Trinajstić information content (AvgIpc) is 2.31. The number of hydrogen-bond donors (Lipinski definition) is 2. The fourth-order valence-electron chi connectivity index (χ4n) is 2.45. The molecule has 1 aliphatic rings. The minimum Gasteiger partial charge on any atom is -0.356 e. The highest BCUT2D eigenvalue weighted by Gasteiger charge is 2.21. The van der Waals surface area contributed by atoms with E-state index >= 15 is 0 Å². The van der Waals surface area contributed by atoms with Gasteiger partial charge >= 0.3 is 0 Å². The Morgan fingerprint density at radius 3 is 2.53 bits per heavy atom. The van der Waals surface area contributed by atoms with E-state index in [4.69, 9.17) is 0 Å². The van der Waals surface area contributed by atoms with Crippen LogP contribution in [0.25, 0.3) is 0 Å². The number of aliphatic imine (C=N–C) groups is 1. The first-order valence-electron chi connectivity index (χ1n) is 7.08. The van der Waals surface area contributed by atoms with Crippen LogP contribution in [-0.4, -0.2) is 26.1 Å². The van der Waals surface area contributed by atoms with Crippen molar-refractivity contribution in [1.82, 2.24) is 10.6 Å². The van der Waals surface area contributed by atoms with Gasteiger partial charge in [-0.15, -0.1) is 0 Å². The van der Waals surface area contributed by atoms with Crippen molar-refractivity contribution in [3.63, 3.8) is 0 Å². The Hall–Kier alpha value is -0.730. The monoisotopic (exact) mass is 239 g/mol. The first kappa shape index (κ1) is 14.3. The maximum Gasteiger partial charge on any atom is 0.190 e. The summed E-state index contributed by atoms with van der Waals surface area (Å²) in [6.45, 7) is 8.86. The van der Waals surface area contributed by atoms with Gasteiger partial charge in [-0.1, -0.05) is 40.0 Å². The lowest BCUT2D eigenvalue weighted by atomic mass is 9.80. The molecule has 2 N–H and O–H groups in total. The predicted octanol–water partition coefficient (Wildman–Crippen LogP) is 2.63. The van der Waals surface area contributed by atoms with Crippen molar-refractivity contribution in [2.45, 2.75) is 46.5 Å². The summed E-state index contributed by atoms with van der Waals surface area (Å²) in [5.41, 5.74) is 0. The smallest absolute Gasteiger partial charge is 0.190 e. The van der Waals surface area contributed by atoms with Crippen LogP contribution in [0.2, 0.25) is 0 Å². The molecule has 0 aliphatic heterocycles. The van der Waals surface area contributed by atoms with Crippen LogP contribution in [0, 0.1) is 17.8 Å². The normalized spacial score (nSPS) is 26.1. The van der Waals surface area contributed by atoms with Crippen molar-refractivity contribution in [3.05, 3.63) is 0 Å². The summed E-state index contributed by atoms with van der Waals surface area (Å²) in [6.07, 6.45) is 5.58. The Morgan fingerprint density at radius 2 is 1.94 bits per heavy atom. The Balaban J connectivity index is 2.27. The van der Waals surface area contributed by atoms with Crippen LogP contribution in [0.5, 0.6) is 0 Å². The quantitative estimate of drug-likeness (QED) is 0.584. The van der Waals surface area contributed by atoms with Gasteiger partial charge in [0, 0.05) is 20.1 Å². The molecule has 17 heavy (non-hydrogen) atoms. The summed E-state index contributed by atoms with van der Waals surface area (Å²) in [6, 6.07) is 0. The molecule has 1 fully saturated rings. The van der Waals surface area contributed by atoms with Gasteiger partial charge < -0.3 is 10.6 Å². The molecule has 1 aliphatic carbocycles. The second-order valence-electron chi connectivity index (χ2n) is 5.75. The van der Waals surface area contributed by atoms with Gasteiger partial charge in [0.05, 0.1) is 0 Å². The molecule has 0 aromatic heterocycles. The van der Waals surface area contributed by atoms with Gasteiger partial charge in [0.15, 0.2) is 5.96 Å². The maximum absolute atomic E-state index is 4.26. The molecule has 0 bridgehead atoms. The third-order valence-corrected chi connectivity index (χ3v) is 3.72. The van der Waals surface area contributed by atoms with Crippen LogP contribution in [-0.2, 0) is 0 Å². The van der Waals surface area contributed by atoms with Crippen molar-refractivity contribution in [2.75, 3.05) is 20.1 Å². The Morgan fingerprint density at radius 1 is 1.24 bits per heavy atom. The maximum atomic E-state index is 4.26. The highest BCUT2D eigenvalue weighted by molar-refractivity contribution is 5.79. The third-order valence-electron chi connectivity index (χ3n) is 3.72. The highest BCUT2D eigenvalue weighted by Crippen LogP contribution is 2.28. The van der Waals surface area contributed by atoms with Gasteiger partial charge in [0.1, 0.15) is 0 Å². The lowest BCUT2D eigenvalue weighted by molar-refractivity contribution is 0.256. The van der Waals surface area contributed by atoms with Crippen LogP contribution < -0.4 is 10.6 Å². The predicted molar refractivity (Wildman–Crippen MR) is 75.3 cm³/mol. The molecule has 0 saturated heterocycles.